The van der Waals surface area contributed by atoms with E-state index in [1.807, 2.05) is 0 Å². The molecule has 0 saturated carbocycles. The third-order valence-electron chi connectivity index (χ3n) is 6.38. The number of benzene rings is 3. The average Bonchev–Trinajstić information content (AvgIpc) is 3.21. The van der Waals surface area contributed by atoms with Gasteiger partial charge in [0.2, 0.25) is 0 Å². The number of amides is 1. The molecule has 1 aliphatic heterocycles. The van der Waals surface area contributed by atoms with Crippen LogP contribution in [0.1, 0.15) is 50.3 Å². The van der Waals surface area contributed by atoms with Gasteiger partial charge in [-0.1, -0.05) is 38.0 Å². The molecule has 0 spiro atoms. The summed E-state index contributed by atoms with van der Waals surface area (Å²) in [6.45, 7) is 4.01. The van der Waals surface area contributed by atoms with Crippen molar-refractivity contribution < 1.29 is 33.7 Å². The molecule has 0 aromatic heterocycles. The fourth-order valence-corrected chi connectivity index (χ4v) is 4.47. The van der Waals surface area contributed by atoms with E-state index in [0.717, 1.165) is 19.3 Å². The molecule has 1 atom stereocenters. The van der Waals surface area contributed by atoms with Crippen molar-refractivity contribution in [1.82, 2.24) is 0 Å². The Morgan fingerprint density at radius 1 is 0.923 bits per heavy atom. The number of Topliss-reactive ketones (excluding diaryl/α,β-unsaturated/α-hetero) is 1. The molecule has 1 N–H and O–H groups in total. The maximum Gasteiger partial charge on any atom is 0.308 e. The summed E-state index contributed by atoms with van der Waals surface area (Å²) in [5.41, 5.74) is 1.30. The van der Waals surface area contributed by atoms with Crippen LogP contribution in [0.2, 0.25) is 0 Å². The Hall–Kier alpha value is -4.59. The minimum absolute atomic E-state index is 0.0559. The highest BCUT2D eigenvalue weighted by molar-refractivity contribution is 6.51. The largest absolute Gasteiger partial charge is 0.507 e. The van der Waals surface area contributed by atoms with E-state index >= 15 is 0 Å². The van der Waals surface area contributed by atoms with Crippen molar-refractivity contribution in [2.45, 2.75) is 39.2 Å². The van der Waals surface area contributed by atoms with Gasteiger partial charge >= 0.3 is 5.97 Å². The maximum atomic E-state index is 13.4. The SMILES string of the molecule is CCCCCOc1ccc(/C(O)=C2\C(=O)C(=O)N(c3cccc(OC)c3)C2c2ccc(OC(C)=O)cc2)cc1. The minimum atomic E-state index is -0.937. The number of rotatable bonds is 10. The van der Waals surface area contributed by atoms with Crippen molar-refractivity contribution in [3.63, 3.8) is 0 Å². The molecule has 1 unspecified atom stereocenters. The lowest BCUT2D eigenvalue weighted by Gasteiger charge is -2.26. The van der Waals surface area contributed by atoms with Gasteiger partial charge in [0.1, 0.15) is 23.0 Å². The van der Waals surface area contributed by atoms with E-state index < -0.39 is 23.7 Å². The molecule has 1 heterocycles. The van der Waals surface area contributed by atoms with Gasteiger partial charge in [0.15, 0.2) is 0 Å². The highest BCUT2D eigenvalue weighted by Crippen LogP contribution is 2.43. The van der Waals surface area contributed by atoms with Crippen LogP contribution in [-0.2, 0) is 14.4 Å². The molecule has 3 aromatic rings. The first-order valence-corrected chi connectivity index (χ1v) is 12.8. The van der Waals surface area contributed by atoms with E-state index in [0.29, 0.717) is 40.7 Å². The first-order valence-electron chi connectivity index (χ1n) is 12.8. The number of carbonyl (C=O) groups excluding carboxylic acids is 3. The lowest BCUT2D eigenvalue weighted by atomic mass is 9.95. The number of aliphatic hydroxyl groups excluding tert-OH is 1. The molecule has 8 nitrogen and oxygen atoms in total. The third kappa shape index (κ3) is 6.12. The van der Waals surface area contributed by atoms with Crippen LogP contribution in [0.4, 0.5) is 5.69 Å². The Labute approximate surface area is 227 Å². The van der Waals surface area contributed by atoms with Gasteiger partial charge < -0.3 is 19.3 Å². The Morgan fingerprint density at radius 2 is 1.62 bits per heavy atom. The van der Waals surface area contributed by atoms with Crippen LogP contribution >= 0.6 is 0 Å². The molecule has 1 amide bonds. The number of ether oxygens (including phenoxy) is 3. The summed E-state index contributed by atoms with van der Waals surface area (Å²) in [6.07, 6.45) is 3.12. The molecule has 1 fully saturated rings. The van der Waals surface area contributed by atoms with E-state index in [2.05, 4.69) is 6.92 Å². The quantitative estimate of drug-likeness (QED) is 0.0882. The molecule has 1 aliphatic rings. The molecule has 0 radical (unpaired) electrons. The van der Waals surface area contributed by atoms with Gasteiger partial charge in [-0.15, -0.1) is 0 Å². The zero-order valence-electron chi connectivity index (χ0n) is 22.2. The summed E-state index contributed by atoms with van der Waals surface area (Å²) in [5.74, 6) is -0.892. The summed E-state index contributed by atoms with van der Waals surface area (Å²) in [7, 11) is 1.51. The van der Waals surface area contributed by atoms with Crippen molar-refractivity contribution in [2.24, 2.45) is 0 Å². The number of hydrogen-bond donors (Lipinski definition) is 1. The minimum Gasteiger partial charge on any atom is -0.507 e. The van der Waals surface area contributed by atoms with Crippen LogP contribution in [0.5, 0.6) is 17.2 Å². The van der Waals surface area contributed by atoms with E-state index in [1.165, 1.54) is 18.9 Å². The summed E-state index contributed by atoms with van der Waals surface area (Å²) in [6, 6.07) is 19.1. The van der Waals surface area contributed by atoms with Crippen LogP contribution in [0.25, 0.3) is 5.76 Å². The normalized spacial score (nSPS) is 16.3. The van der Waals surface area contributed by atoms with Gasteiger partial charge in [-0.25, -0.2) is 0 Å². The van der Waals surface area contributed by atoms with Crippen LogP contribution in [0, 0.1) is 0 Å². The number of methoxy groups -OCH3 is 1. The number of ketones is 1. The first-order chi connectivity index (χ1) is 18.8. The standard InChI is InChI=1S/C31H31NO7/c1-4-5-6-18-38-24-14-12-22(13-15-24)29(34)27-28(21-10-16-25(17-11-21)39-20(2)33)32(31(36)30(27)35)23-8-7-9-26(19-23)37-3/h7-17,19,28,34H,4-6,18H2,1-3H3/b29-27+. The van der Waals surface area contributed by atoms with Crippen molar-refractivity contribution >= 4 is 29.1 Å². The van der Waals surface area contributed by atoms with Gasteiger partial charge in [0.25, 0.3) is 11.7 Å². The number of aliphatic hydroxyl groups is 1. The molecular weight excluding hydrogens is 498 g/mol. The van der Waals surface area contributed by atoms with E-state index in [-0.39, 0.29) is 11.3 Å². The molecule has 8 heteroatoms. The van der Waals surface area contributed by atoms with Crippen molar-refractivity contribution in [3.8, 4) is 17.2 Å². The molecule has 1 saturated heterocycles. The Morgan fingerprint density at radius 3 is 2.26 bits per heavy atom. The highest BCUT2D eigenvalue weighted by atomic mass is 16.5. The van der Waals surface area contributed by atoms with Gasteiger partial charge in [0.05, 0.1) is 25.3 Å². The lowest BCUT2D eigenvalue weighted by Crippen LogP contribution is -2.29. The summed E-state index contributed by atoms with van der Waals surface area (Å²) in [4.78, 5) is 39.5. The number of hydrogen-bond acceptors (Lipinski definition) is 7. The summed E-state index contributed by atoms with van der Waals surface area (Å²) in [5, 5.41) is 11.4. The fourth-order valence-electron chi connectivity index (χ4n) is 4.47. The molecular formula is C31H31NO7. The maximum absolute atomic E-state index is 13.4. The predicted molar refractivity (Wildman–Crippen MR) is 147 cm³/mol. The number of anilines is 1. The molecule has 39 heavy (non-hydrogen) atoms. The van der Waals surface area contributed by atoms with Crippen LogP contribution in [0.3, 0.4) is 0 Å². The molecule has 0 bridgehead atoms. The van der Waals surface area contributed by atoms with Crippen LogP contribution < -0.4 is 19.1 Å². The van der Waals surface area contributed by atoms with Crippen molar-refractivity contribution in [1.29, 1.82) is 0 Å². The Bertz CT molecular complexity index is 1380. The molecule has 202 valence electrons. The predicted octanol–water partition coefficient (Wildman–Crippen LogP) is 5.82. The number of nitrogens with zero attached hydrogens (tertiary/aromatic N) is 1. The number of carbonyl (C=O) groups is 3. The van der Waals surface area contributed by atoms with E-state index in [9.17, 15) is 19.5 Å². The molecule has 4 rings (SSSR count). The second-order valence-electron chi connectivity index (χ2n) is 9.11. The zero-order chi connectivity index (χ0) is 27.9. The van der Waals surface area contributed by atoms with Crippen molar-refractivity contribution in [3.05, 3.63) is 89.5 Å². The first kappa shape index (κ1) is 27.4. The van der Waals surface area contributed by atoms with Gasteiger partial charge in [-0.2, -0.15) is 0 Å². The fraction of sp³-hybridized carbons (Fsp3) is 0.258. The highest BCUT2D eigenvalue weighted by Gasteiger charge is 2.47. The zero-order valence-corrected chi connectivity index (χ0v) is 22.2. The van der Waals surface area contributed by atoms with Crippen molar-refractivity contribution in [2.75, 3.05) is 18.6 Å². The van der Waals surface area contributed by atoms with Gasteiger partial charge in [-0.3, -0.25) is 19.3 Å². The van der Waals surface area contributed by atoms with E-state index in [4.69, 9.17) is 14.2 Å². The molecule has 0 aliphatic carbocycles. The van der Waals surface area contributed by atoms with E-state index in [1.54, 1.807) is 72.8 Å². The number of unbranched alkanes of at least 4 members (excludes halogenated alkanes) is 2. The smallest absolute Gasteiger partial charge is 0.308 e. The average molecular weight is 530 g/mol. The Kier molecular flexibility index (Phi) is 8.66. The lowest BCUT2D eigenvalue weighted by molar-refractivity contribution is -0.132. The van der Waals surface area contributed by atoms with Gasteiger partial charge in [0, 0.05) is 24.2 Å². The topological polar surface area (TPSA) is 102 Å². The molecule has 3 aromatic carbocycles. The Balaban J connectivity index is 1.76. The monoisotopic (exact) mass is 529 g/mol. The van der Waals surface area contributed by atoms with Crippen LogP contribution in [0.15, 0.2) is 78.4 Å². The second-order valence-corrected chi connectivity index (χ2v) is 9.11. The summed E-state index contributed by atoms with van der Waals surface area (Å²) < 4.78 is 16.2. The van der Waals surface area contributed by atoms with Gasteiger partial charge in [-0.05, 0) is 60.5 Å². The number of esters is 1. The van der Waals surface area contributed by atoms with Crippen LogP contribution in [-0.4, -0.2) is 36.5 Å². The second kappa shape index (κ2) is 12.3. The summed E-state index contributed by atoms with van der Waals surface area (Å²) >= 11 is 0. The third-order valence-corrected chi connectivity index (χ3v) is 6.38.